The SMILES string of the molecule is COc1cc(C(F)(F)F)cc(SC)c1C(=O)N[C@@H]1CCC[C@@H]1N1CCCC1.COc1cc(C(F)(F)F)cc(SC)c1C(=O)N[C@H]1CCC[C@H]1N1CCCC1. The van der Waals surface area contributed by atoms with Crippen molar-refractivity contribution < 1.29 is 45.4 Å². The summed E-state index contributed by atoms with van der Waals surface area (Å²) in [5, 5.41) is 6.15. The molecule has 2 N–H and O–H groups in total. The molecule has 54 heavy (non-hydrogen) atoms. The second kappa shape index (κ2) is 18.4. The zero-order valence-electron chi connectivity index (χ0n) is 31.1. The highest BCUT2D eigenvalue weighted by molar-refractivity contribution is 7.99. The Bertz CT molecular complexity index is 1450. The van der Waals surface area contributed by atoms with Gasteiger partial charge in [0.25, 0.3) is 11.8 Å². The van der Waals surface area contributed by atoms with Gasteiger partial charge in [0.1, 0.15) is 11.5 Å². The summed E-state index contributed by atoms with van der Waals surface area (Å²) >= 11 is 2.23. The molecule has 2 heterocycles. The molecule has 4 atom stereocenters. The Balaban J connectivity index is 0.000000208. The number of carbonyl (C=O) groups is 2. The third kappa shape index (κ3) is 9.94. The fraction of sp³-hybridized carbons (Fsp3) is 0.632. The maximum absolute atomic E-state index is 13.1. The Morgan fingerprint density at radius 2 is 0.963 bits per heavy atom. The van der Waals surface area contributed by atoms with Gasteiger partial charge in [-0.1, -0.05) is 0 Å². The molecular formula is C38H50F6N4O4S2. The van der Waals surface area contributed by atoms with E-state index in [1.165, 1.54) is 39.9 Å². The van der Waals surface area contributed by atoms with Crippen LogP contribution >= 0.6 is 23.5 Å². The average molecular weight is 805 g/mol. The van der Waals surface area contributed by atoms with Crippen molar-refractivity contribution in [2.45, 2.75) is 111 Å². The van der Waals surface area contributed by atoms with E-state index in [0.717, 1.165) is 112 Å². The smallest absolute Gasteiger partial charge is 0.416 e. The lowest BCUT2D eigenvalue weighted by Gasteiger charge is -2.30. The van der Waals surface area contributed by atoms with E-state index < -0.39 is 23.5 Å². The Hall–Kier alpha value is -2.82. The van der Waals surface area contributed by atoms with Crippen molar-refractivity contribution in [2.24, 2.45) is 0 Å². The molecule has 4 fully saturated rings. The lowest BCUT2D eigenvalue weighted by molar-refractivity contribution is -0.138. The van der Waals surface area contributed by atoms with Crippen molar-refractivity contribution in [1.29, 1.82) is 0 Å². The number of ether oxygens (including phenoxy) is 2. The van der Waals surface area contributed by atoms with Gasteiger partial charge in [-0.3, -0.25) is 19.4 Å². The number of methoxy groups -OCH3 is 2. The third-order valence-corrected chi connectivity index (χ3v) is 12.5. The van der Waals surface area contributed by atoms with Crippen LogP contribution in [0.4, 0.5) is 26.3 Å². The minimum atomic E-state index is -4.49. The predicted molar refractivity (Wildman–Crippen MR) is 199 cm³/mol. The van der Waals surface area contributed by atoms with Crippen molar-refractivity contribution in [3.63, 3.8) is 0 Å². The van der Waals surface area contributed by atoms with Crippen molar-refractivity contribution in [2.75, 3.05) is 52.9 Å². The zero-order chi connectivity index (χ0) is 39.2. The lowest BCUT2D eigenvalue weighted by atomic mass is 10.1. The standard InChI is InChI=1S/2C19H25F3N2O2S/c2*1-26-15-10-12(19(20,21)22)11-16(27-2)17(15)18(25)23-13-6-5-7-14(13)24-8-3-4-9-24/h2*10-11,13-14H,3-9H2,1-2H3,(H,23,25)/t2*13-,14+/m10/s1. The van der Waals surface area contributed by atoms with E-state index in [0.29, 0.717) is 12.1 Å². The molecule has 0 bridgehead atoms. The molecule has 16 heteroatoms. The maximum Gasteiger partial charge on any atom is 0.416 e. The summed E-state index contributed by atoms with van der Waals surface area (Å²) in [6.45, 7) is 4.21. The molecule has 2 aromatic rings. The van der Waals surface area contributed by atoms with E-state index in [-0.39, 0.29) is 56.3 Å². The van der Waals surface area contributed by atoms with Gasteiger partial charge in [0.2, 0.25) is 0 Å². The van der Waals surface area contributed by atoms with Gasteiger partial charge in [-0.05, 0) is 127 Å². The van der Waals surface area contributed by atoms with Gasteiger partial charge in [0.05, 0.1) is 36.5 Å². The maximum atomic E-state index is 13.1. The minimum Gasteiger partial charge on any atom is -0.496 e. The highest BCUT2D eigenvalue weighted by Gasteiger charge is 2.39. The molecule has 2 saturated carbocycles. The summed E-state index contributed by atoms with van der Waals surface area (Å²) in [6.07, 6.45) is 5.05. The number of nitrogens with zero attached hydrogens (tertiary/aromatic N) is 2. The minimum absolute atomic E-state index is 0.0253. The summed E-state index contributed by atoms with van der Waals surface area (Å²) < 4.78 is 89.1. The fourth-order valence-corrected chi connectivity index (χ4v) is 9.60. The molecule has 2 aromatic carbocycles. The van der Waals surface area contributed by atoms with Crippen LogP contribution in [0.1, 0.15) is 96.1 Å². The van der Waals surface area contributed by atoms with Crippen LogP contribution in [0.15, 0.2) is 34.1 Å². The highest BCUT2D eigenvalue weighted by Crippen LogP contribution is 2.40. The Morgan fingerprint density at radius 1 is 0.611 bits per heavy atom. The normalized spacial score (nSPS) is 23.6. The van der Waals surface area contributed by atoms with Crippen LogP contribution in [0, 0.1) is 0 Å². The van der Waals surface area contributed by atoms with E-state index in [4.69, 9.17) is 9.47 Å². The van der Waals surface area contributed by atoms with Gasteiger partial charge in [-0.15, -0.1) is 23.5 Å². The van der Waals surface area contributed by atoms with Crippen LogP contribution in [-0.2, 0) is 12.4 Å². The average Bonchev–Trinajstić information content (AvgIpc) is 3.98. The Labute approximate surface area is 321 Å². The number of benzene rings is 2. The Morgan fingerprint density at radius 3 is 1.26 bits per heavy atom. The first-order valence-electron chi connectivity index (χ1n) is 18.5. The van der Waals surface area contributed by atoms with Crippen LogP contribution in [0.5, 0.6) is 11.5 Å². The van der Waals surface area contributed by atoms with E-state index in [9.17, 15) is 35.9 Å². The number of thioether (sulfide) groups is 2. The van der Waals surface area contributed by atoms with Crippen LogP contribution in [0.2, 0.25) is 0 Å². The first-order valence-corrected chi connectivity index (χ1v) is 20.9. The molecule has 300 valence electrons. The van der Waals surface area contributed by atoms with Crippen LogP contribution in [0.25, 0.3) is 0 Å². The summed E-state index contributed by atoms with van der Waals surface area (Å²) in [7, 11) is 2.58. The van der Waals surface area contributed by atoms with Crippen molar-refractivity contribution in [3.8, 4) is 11.5 Å². The van der Waals surface area contributed by atoms with Gasteiger partial charge >= 0.3 is 12.4 Å². The zero-order valence-corrected chi connectivity index (χ0v) is 32.8. The molecule has 2 saturated heterocycles. The number of nitrogens with one attached hydrogen (secondary N) is 2. The van der Waals surface area contributed by atoms with E-state index in [1.807, 2.05) is 0 Å². The highest BCUT2D eigenvalue weighted by atomic mass is 32.2. The molecule has 2 amide bonds. The van der Waals surface area contributed by atoms with E-state index >= 15 is 0 Å². The van der Waals surface area contributed by atoms with Gasteiger partial charge in [0.15, 0.2) is 0 Å². The largest absolute Gasteiger partial charge is 0.496 e. The number of alkyl halides is 6. The van der Waals surface area contributed by atoms with E-state index in [2.05, 4.69) is 20.4 Å². The Kier molecular flexibility index (Phi) is 14.4. The van der Waals surface area contributed by atoms with Crippen LogP contribution < -0.4 is 20.1 Å². The summed E-state index contributed by atoms with van der Waals surface area (Å²) in [4.78, 5) is 31.4. The van der Waals surface area contributed by atoms with E-state index in [1.54, 1.807) is 12.5 Å². The number of hydrogen-bond donors (Lipinski definition) is 2. The van der Waals surface area contributed by atoms with Gasteiger partial charge in [0, 0.05) is 34.0 Å². The first kappa shape index (κ1) is 42.3. The molecule has 2 aliphatic carbocycles. The van der Waals surface area contributed by atoms with Crippen molar-refractivity contribution in [1.82, 2.24) is 20.4 Å². The number of amides is 2. The van der Waals surface area contributed by atoms with Crippen molar-refractivity contribution in [3.05, 3.63) is 46.5 Å². The van der Waals surface area contributed by atoms with Crippen LogP contribution in [0.3, 0.4) is 0 Å². The number of hydrogen-bond acceptors (Lipinski definition) is 8. The molecule has 0 radical (unpaired) electrons. The predicted octanol–water partition coefficient (Wildman–Crippen LogP) is 8.37. The number of halogens is 6. The second-order valence-corrected chi connectivity index (χ2v) is 15.8. The molecule has 6 rings (SSSR count). The number of carbonyl (C=O) groups excluding carboxylic acids is 2. The van der Waals surface area contributed by atoms with Gasteiger partial charge in [-0.25, -0.2) is 0 Å². The second-order valence-electron chi connectivity index (χ2n) is 14.1. The molecule has 0 spiro atoms. The van der Waals surface area contributed by atoms with Gasteiger partial charge in [-0.2, -0.15) is 26.3 Å². The summed E-state index contributed by atoms with van der Waals surface area (Å²) in [5.74, 6) is -0.799. The van der Waals surface area contributed by atoms with Gasteiger partial charge < -0.3 is 20.1 Å². The van der Waals surface area contributed by atoms with Crippen LogP contribution in [-0.4, -0.2) is 98.7 Å². The molecule has 2 aliphatic heterocycles. The third-order valence-electron chi connectivity index (χ3n) is 10.9. The lowest BCUT2D eigenvalue weighted by Crippen LogP contribution is -2.47. The quantitative estimate of drug-likeness (QED) is 0.183. The number of likely N-dealkylation sites (tertiary alicyclic amines) is 2. The fourth-order valence-electron chi connectivity index (χ4n) is 8.32. The first-order chi connectivity index (χ1) is 25.7. The molecule has 0 unspecified atom stereocenters. The van der Waals surface area contributed by atoms with Crippen molar-refractivity contribution >= 4 is 35.3 Å². The molecule has 0 aromatic heterocycles. The summed E-state index contributed by atoms with van der Waals surface area (Å²) in [5.41, 5.74) is -1.25. The number of rotatable bonds is 10. The molecule has 8 nitrogen and oxygen atoms in total. The molecule has 4 aliphatic rings. The monoisotopic (exact) mass is 804 g/mol. The molecular weight excluding hydrogens is 755 g/mol. The topological polar surface area (TPSA) is 83.1 Å². The summed E-state index contributed by atoms with van der Waals surface area (Å²) in [6, 6.07) is 4.53.